The summed E-state index contributed by atoms with van der Waals surface area (Å²) in [6.07, 6.45) is 0. The van der Waals surface area contributed by atoms with Crippen molar-refractivity contribution in [1.82, 2.24) is 0 Å². The molecular weight excluding hydrogens is 186 g/mol. The maximum atomic E-state index is 11.5. The predicted octanol–water partition coefficient (Wildman–Crippen LogP) is 0.739. The van der Waals surface area contributed by atoms with Crippen LogP contribution in [0.15, 0.2) is 23.1 Å². The first-order valence-electron chi connectivity index (χ1n) is 4.03. The fourth-order valence-electron chi connectivity index (χ4n) is 1.07. The minimum Gasteiger partial charge on any atom is -0.326 e. The molecule has 1 rings (SSSR count). The second kappa shape index (κ2) is 3.89. The zero-order valence-electron chi connectivity index (χ0n) is 7.45. The van der Waals surface area contributed by atoms with Gasteiger partial charge in [-0.2, -0.15) is 0 Å². The summed E-state index contributed by atoms with van der Waals surface area (Å²) < 4.78 is 23.0. The SMILES string of the molecule is CCS(=O)(=O)c1cc[c]cc1CN. The predicted molar refractivity (Wildman–Crippen MR) is 50.9 cm³/mol. The van der Waals surface area contributed by atoms with Crippen LogP contribution < -0.4 is 5.73 Å². The Morgan fingerprint density at radius 1 is 1.54 bits per heavy atom. The quantitative estimate of drug-likeness (QED) is 0.779. The van der Waals surface area contributed by atoms with Gasteiger partial charge in [0.15, 0.2) is 9.84 Å². The van der Waals surface area contributed by atoms with Gasteiger partial charge in [-0.1, -0.05) is 13.0 Å². The van der Waals surface area contributed by atoms with Crippen LogP contribution in [0.3, 0.4) is 0 Å². The van der Waals surface area contributed by atoms with Crippen LogP contribution in [0, 0.1) is 6.07 Å². The molecule has 0 aliphatic heterocycles. The van der Waals surface area contributed by atoms with Gasteiger partial charge in [0, 0.05) is 6.54 Å². The van der Waals surface area contributed by atoms with Gasteiger partial charge < -0.3 is 5.73 Å². The molecule has 3 nitrogen and oxygen atoms in total. The Balaban J connectivity index is 3.29. The van der Waals surface area contributed by atoms with Crippen molar-refractivity contribution in [2.45, 2.75) is 18.4 Å². The molecule has 1 radical (unpaired) electrons. The Bertz CT molecular complexity index is 384. The monoisotopic (exact) mass is 198 g/mol. The molecule has 4 heteroatoms. The van der Waals surface area contributed by atoms with Crippen LogP contribution in [0.4, 0.5) is 0 Å². The summed E-state index contributed by atoms with van der Waals surface area (Å²) in [6, 6.07) is 7.55. The van der Waals surface area contributed by atoms with Crippen LogP contribution in [-0.2, 0) is 16.4 Å². The van der Waals surface area contributed by atoms with E-state index in [-0.39, 0.29) is 12.3 Å². The van der Waals surface area contributed by atoms with E-state index in [1.54, 1.807) is 25.1 Å². The molecule has 13 heavy (non-hydrogen) atoms. The van der Waals surface area contributed by atoms with Crippen molar-refractivity contribution in [2.24, 2.45) is 5.73 Å². The average Bonchev–Trinajstić information content (AvgIpc) is 2.18. The first kappa shape index (κ1) is 10.2. The molecule has 0 amide bonds. The third-order valence-electron chi connectivity index (χ3n) is 1.84. The van der Waals surface area contributed by atoms with E-state index in [0.717, 1.165) is 0 Å². The molecule has 1 aromatic carbocycles. The molecule has 2 N–H and O–H groups in total. The van der Waals surface area contributed by atoms with Crippen molar-refractivity contribution in [2.75, 3.05) is 5.75 Å². The van der Waals surface area contributed by atoms with E-state index in [2.05, 4.69) is 6.07 Å². The van der Waals surface area contributed by atoms with Crippen molar-refractivity contribution in [1.29, 1.82) is 0 Å². The minimum absolute atomic E-state index is 0.101. The highest BCUT2D eigenvalue weighted by atomic mass is 32.2. The Labute approximate surface area is 78.5 Å². The van der Waals surface area contributed by atoms with Crippen molar-refractivity contribution in [3.05, 3.63) is 29.8 Å². The molecule has 0 spiro atoms. The molecule has 0 unspecified atom stereocenters. The molecule has 0 aromatic heterocycles. The van der Waals surface area contributed by atoms with Crippen LogP contribution in [0.5, 0.6) is 0 Å². The highest BCUT2D eigenvalue weighted by Crippen LogP contribution is 2.15. The highest BCUT2D eigenvalue weighted by molar-refractivity contribution is 7.91. The first-order chi connectivity index (χ1) is 6.11. The smallest absolute Gasteiger partial charge is 0.178 e. The summed E-state index contributed by atoms with van der Waals surface area (Å²) >= 11 is 0. The average molecular weight is 198 g/mol. The van der Waals surface area contributed by atoms with Crippen molar-refractivity contribution in [3.63, 3.8) is 0 Å². The number of hydrogen-bond donors (Lipinski definition) is 1. The van der Waals surface area contributed by atoms with Crippen LogP contribution in [0.2, 0.25) is 0 Å². The van der Waals surface area contributed by atoms with E-state index in [1.807, 2.05) is 0 Å². The zero-order chi connectivity index (χ0) is 9.90. The van der Waals surface area contributed by atoms with Crippen molar-refractivity contribution in [3.8, 4) is 0 Å². The van der Waals surface area contributed by atoms with Crippen molar-refractivity contribution < 1.29 is 8.42 Å². The molecule has 0 saturated heterocycles. The summed E-state index contributed by atoms with van der Waals surface area (Å²) in [7, 11) is -3.14. The highest BCUT2D eigenvalue weighted by Gasteiger charge is 2.14. The third-order valence-corrected chi connectivity index (χ3v) is 3.67. The Kier molecular flexibility index (Phi) is 3.06. The molecule has 0 saturated carbocycles. The van der Waals surface area contributed by atoms with Crippen LogP contribution in [-0.4, -0.2) is 14.2 Å². The standard InChI is InChI=1S/C9H12NO2S/c1-2-13(11,12)9-6-4-3-5-8(9)7-10/h4-6H,2,7,10H2,1H3. The van der Waals surface area contributed by atoms with E-state index >= 15 is 0 Å². The molecule has 71 valence electrons. The molecule has 0 bridgehead atoms. The second-order valence-electron chi connectivity index (χ2n) is 2.64. The van der Waals surface area contributed by atoms with Crippen LogP contribution >= 0.6 is 0 Å². The number of benzene rings is 1. The lowest BCUT2D eigenvalue weighted by molar-refractivity contribution is 0.596. The van der Waals surface area contributed by atoms with Crippen LogP contribution in [0.1, 0.15) is 12.5 Å². The number of nitrogens with two attached hydrogens (primary N) is 1. The van der Waals surface area contributed by atoms with Gasteiger partial charge in [-0.25, -0.2) is 8.42 Å². The first-order valence-corrected chi connectivity index (χ1v) is 5.69. The minimum atomic E-state index is -3.14. The van der Waals surface area contributed by atoms with Gasteiger partial charge in [-0.15, -0.1) is 0 Å². The largest absolute Gasteiger partial charge is 0.326 e. The summed E-state index contributed by atoms with van der Waals surface area (Å²) in [5.74, 6) is 0.101. The van der Waals surface area contributed by atoms with Crippen LogP contribution in [0.25, 0.3) is 0 Å². The molecule has 0 atom stereocenters. The topological polar surface area (TPSA) is 60.2 Å². The Morgan fingerprint density at radius 3 is 2.77 bits per heavy atom. The van der Waals surface area contributed by atoms with Gasteiger partial charge in [-0.05, 0) is 23.8 Å². The zero-order valence-corrected chi connectivity index (χ0v) is 8.26. The maximum Gasteiger partial charge on any atom is 0.178 e. The molecule has 0 heterocycles. The molecule has 0 aliphatic rings. The van der Waals surface area contributed by atoms with Gasteiger partial charge in [0.05, 0.1) is 10.6 Å². The fourth-order valence-corrected chi connectivity index (χ4v) is 2.20. The van der Waals surface area contributed by atoms with Gasteiger partial charge in [0.2, 0.25) is 0 Å². The van der Waals surface area contributed by atoms with E-state index in [1.165, 1.54) is 0 Å². The normalized spacial score (nSPS) is 11.5. The van der Waals surface area contributed by atoms with E-state index in [9.17, 15) is 8.42 Å². The van der Waals surface area contributed by atoms with E-state index in [4.69, 9.17) is 5.73 Å². The lowest BCUT2D eigenvalue weighted by Gasteiger charge is -2.05. The van der Waals surface area contributed by atoms with Gasteiger partial charge in [-0.3, -0.25) is 0 Å². The van der Waals surface area contributed by atoms with E-state index in [0.29, 0.717) is 10.5 Å². The lowest BCUT2D eigenvalue weighted by atomic mass is 10.2. The fraction of sp³-hybridized carbons (Fsp3) is 0.333. The third kappa shape index (κ3) is 2.08. The Morgan fingerprint density at radius 2 is 2.23 bits per heavy atom. The molecule has 0 fully saturated rings. The number of rotatable bonds is 3. The summed E-state index contributed by atoms with van der Waals surface area (Å²) in [6.45, 7) is 1.85. The summed E-state index contributed by atoms with van der Waals surface area (Å²) in [4.78, 5) is 0.330. The van der Waals surface area contributed by atoms with Gasteiger partial charge >= 0.3 is 0 Å². The molecule has 1 aromatic rings. The van der Waals surface area contributed by atoms with Gasteiger partial charge in [0.25, 0.3) is 0 Å². The summed E-state index contributed by atoms with van der Waals surface area (Å²) in [5.41, 5.74) is 6.05. The Hall–Kier alpha value is -0.870. The van der Waals surface area contributed by atoms with Gasteiger partial charge in [0.1, 0.15) is 0 Å². The second-order valence-corrected chi connectivity index (χ2v) is 4.89. The number of sulfone groups is 1. The molecular formula is C9H12NO2S. The number of hydrogen-bond acceptors (Lipinski definition) is 3. The van der Waals surface area contributed by atoms with Crippen molar-refractivity contribution >= 4 is 9.84 Å². The van der Waals surface area contributed by atoms with E-state index < -0.39 is 9.84 Å². The maximum absolute atomic E-state index is 11.5. The molecule has 0 aliphatic carbocycles. The lowest BCUT2D eigenvalue weighted by Crippen LogP contribution is -2.09. The summed E-state index contributed by atoms with van der Waals surface area (Å²) in [5, 5.41) is 0.